The van der Waals surface area contributed by atoms with Crippen molar-refractivity contribution >= 4 is 19.8 Å². The molecule has 0 saturated heterocycles. The van der Waals surface area contributed by atoms with Crippen LogP contribution in [-0.2, 0) is 32.7 Å². The largest absolute Gasteiger partial charge is 0.756 e. The predicted octanol–water partition coefficient (Wildman–Crippen LogP) is 19.6. The first-order valence-corrected chi connectivity index (χ1v) is 33.5. The molecule has 0 N–H and O–H groups in total. The van der Waals surface area contributed by atoms with Crippen LogP contribution in [0.5, 0.6) is 0 Å². The van der Waals surface area contributed by atoms with Crippen molar-refractivity contribution in [3.63, 3.8) is 0 Å². The highest BCUT2D eigenvalue weighted by Crippen LogP contribution is 2.38. The van der Waals surface area contributed by atoms with Crippen LogP contribution in [0, 0.1) is 0 Å². The van der Waals surface area contributed by atoms with Gasteiger partial charge in [0.25, 0.3) is 7.82 Å². The zero-order chi connectivity index (χ0) is 55.6. The number of phosphoric acid groups is 1. The maximum atomic E-state index is 12.7. The molecule has 0 heterocycles. The maximum Gasteiger partial charge on any atom is 0.306 e. The van der Waals surface area contributed by atoms with Crippen molar-refractivity contribution in [3.8, 4) is 0 Å². The quantitative estimate of drug-likeness (QED) is 0.0195. The number of carbonyl (C=O) groups excluding carboxylic acids is 2. The number of unbranched alkanes of at least 4 members (excludes halogenated alkanes) is 35. The van der Waals surface area contributed by atoms with E-state index in [9.17, 15) is 19.0 Å². The summed E-state index contributed by atoms with van der Waals surface area (Å²) in [6, 6.07) is 0. The van der Waals surface area contributed by atoms with Crippen LogP contribution in [0.1, 0.15) is 296 Å². The molecule has 444 valence electrons. The highest BCUT2D eigenvalue weighted by Gasteiger charge is 2.22. The number of carbonyl (C=O) groups is 2. The molecule has 0 saturated carbocycles. The van der Waals surface area contributed by atoms with Crippen LogP contribution in [0.25, 0.3) is 0 Å². The lowest BCUT2D eigenvalue weighted by atomic mass is 10.0. The van der Waals surface area contributed by atoms with Crippen molar-refractivity contribution in [3.05, 3.63) is 60.8 Å². The highest BCUT2D eigenvalue weighted by atomic mass is 31.2. The summed E-state index contributed by atoms with van der Waals surface area (Å²) in [6.45, 7) is 4.10. The van der Waals surface area contributed by atoms with Crippen molar-refractivity contribution in [2.24, 2.45) is 0 Å². The van der Waals surface area contributed by atoms with Crippen molar-refractivity contribution in [1.29, 1.82) is 0 Å². The van der Waals surface area contributed by atoms with E-state index in [0.29, 0.717) is 17.4 Å². The number of esters is 2. The number of hydrogen-bond donors (Lipinski definition) is 0. The van der Waals surface area contributed by atoms with Gasteiger partial charge in [0.05, 0.1) is 27.7 Å². The van der Waals surface area contributed by atoms with Crippen molar-refractivity contribution in [2.45, 2.75) is 302 Å². The molecular weight excluding hydrogens is 966 g/mol. The van der Waals surface area contributed by atoms with Crippen LogP contribution in [0.4, 0.5) is 0 Å². The van der Waals surface area contributed by atoms with Crippen LogP contribution in [0.15, 0.2) is 60.8 Å². The van der Waals surface area contributed by atoms with Crippen LogP contribution < -0.4 is 4.89 Å². The Morgan fingerprint density at radius 3 is 1.13 bits per heavy atom. The first-order valence-electron chi connectivity index (χ1n) is 32.0. The molecule has 2 unspecified atom stereocenters. The van der Waals surface area contributed by atoms with Gasteiger partial charge in [0.2, 0.25) is 0 Å². The van der Waals surface area contributed by atoms with Gasteiger partial charge in [-0.2, -0.15) is 0 Å². The van der Waals surface area contributed by atoms with Gasteiger partial charge in [0.15, 0.2) is 6.10 Å². The van der Waals surface area contributed by atoms with Crippen LogP contribution in [0.3, 0.4) is 0 Å². The predicted molar refractivity (Wildman–Crippen MR) is 323 cm³/mol. The summed E-state index contributed by atoms with van der Waals surface area (Å²) in [6.07, 6.45) is 74.7. The molecule has 0 fully saturated rings. The molecule has 0 aliphatic rings. The second-order valence-corrected chi connectivity index (χ2v) is 24.2. The second kappa shape index (κ2) is 57.4. The SMILES string of the molecule is CC/C=C\C/C=C\C/C=C\CCCCCC(=O)OC(COC(=O)CCCCCCCCCCCCCCCCCCCCCCCCCCCCC/C=C\C/C=C\CCCCCCC)COP(=O)([O-])OCC[N+](C)(C)C. The highest BCUT2D eigenvalue weighted by molar-refractivity contribution is 7.45. The fraction of sp³-hybridized carbons (Fsp3) is 0.818. The van der Waals surface area contributed by atoms with Crippen molar-refractivity contribution < 1.29 is 42.1 Å². The van der Waals surface area contributed by atoms with E-state index >= 15 is 0 Å². The number of rotatable bonds is 59. The third-order valence-corrected chi connectivity index (χ3v) is 15.0. The smallest absolute Gasteiger partial charge is 0.306 e. The number of nitrogens with zero attached hydrogens (tertiary/aromatic N) is 1. The number of ether oxygens (including phenoxy) is 2. The minimum Gasteiger partial charge on any atom is -0.756 e. The summed E-state index contributed by atoms with van der Waals surface area (Å²) in [5.74, 6) is -0.860. The standard InChI is InChI=1S/C66H122NO8P/c1-6-8-10-12-14-16-18-20-21-22-23-24-25-26-27-28-29-30-31-32-33-34-35-36-37-38-39-40-41-42-43-44-45-47-48-50-52-54-56-58-65(68)72-62-64(63-74-76(70,71)73-61-60-67(3,4)5)75-66(69)59-57-55-53-51-49-46-19-17-15-13-11-9-7-2/h9,11,15,17-18,20,22-23,46,49,64H,6-8,10,12-14,16,19,21,24-45,47-48,50-63H2,1-5H3/b11-9-,17-15-,20-18-,23-22-,49-46-. The summed E-state index contributed by atoms with van der Waals surface area (Å²) in [5.41, 5.74) is 0. The summed E-state index contributed by atoms with van der Waals surface area (Å²) in [7, 11) is 1.15. The minimum absolute atomic E-state index is 0.0369. The fourth-order valence-corrected chi connectivity index (χ4v) is 9.84. The molecule has 0 bridgehead atoms. The van der Waals surface area contributed by atoms with E-state index in [0.717, 1.165) is 64.2 Å². The molecule has 0 aromatic heterocycles. The summed E-state index contributed by atoms with van der Waals surface area (Å²) >= 11 is 0. The monoisotopic (exact) mass is 1090 g/mol. The lowest BCUT2D eigenvalue weighted by Gasteiger charge is -2.28. The lowest BCUT2D eigenvalue weighted by Crippen LogP contribution is -2.37. The normalized spacial score (nSPS) is 13.6. The van der Waals surface area contributed by atoms with Crippen LogP contribution >= 0.6 is 7.82 Å². The number of hydrogen-bond acceptors (Lipinski definition) is 8. The van der Waals surface area contributed by atoms with Gasteiger partial charge < -0.3 is 27.9 Å². The van der Waals surface area contributed by atoms with Gasteiger partial charge in [-0.05, 0) is 77.0 Å². The van der Waals surface area contributed by atoms with Gasteiger partial charge in [-0.15, -0.1) is 0 Å². The van der Waals surface area contributed by atoms with Crippen LogP contribution in [0.2, 0.25) is 0 Å². The second-order valence-electron chi connectivity index (χ2n) is 22.7. The summed E-state index contributed by atoms with van der Waals surface area (Å²) in [4.78, 5) is 37.8. The average Bonchev–Trinajstić information content (AvgIpc) is 3.38. The zero-order valence-electron chi connectivity index (χ0n) is 50.5. The molecule has 0 aromatic carbocycles. The Morgan fingerprint density at radius 2 is 0.750 bits per heavy atom. The van der Waals surface area contributed by atoms with E-state index in [-0.39, 0.29) is 32.0 Å². The molecule has 0 radical (unpaired) electrons. The van der Waals surface area contributed by atoms with Crippen LogP contribution in [-0.4, -0.2) is 70.0 Å². The van der Waals surface area contributed by atoms with Gasteiger partial charge in [0.1, 0.15) is 19.8 Å². The third-order valence-electron chi connectivity index (χ3n) is 14.0. The molecule has 0 spiro atoms. The number of likely N-dealkylation sites (N-methyl/N-ethyl adjacent to an activating group) is 1. The van der Waals surface area contributed by atoms with E-state index in [2.05, 4.69) is 74.6 Å². The molecule has 0 aromatic rings. The number of phosphoric ester groups is 1. The minimum atomic E-state index is -4.64. The summed E-state index contributed by atoms with van der Waals surface area (Å²) in [5, 5.41) is 0. The van der Waals surface area contributed by atoms with E-state index in [4.69, 9.17) is 18.5 Å². The number of allylic oxidation sites excluding steroid dienone is 10. The first-order chi connectivity index (χ1) is 37.0. The molecular formula is C66H122NO8P. The topological polar surface area (TPSA) is 111 Å². The molecule has 0 rings (SSSR count). The molecule has 2 atom stereocenters. The van der Waals surface area contributed by atoms with Crippen molar-refractivity contribution in [2.75, 3.05) is 47.5 Å². The Balaban J connectivity index is 3.85. The lowest BCUT2D eigenvalue weighted by molar-refractivity contribution is -0.870. The Hall–Kier alpha value is -2.29. The first kappa shape index (κ1) is 73.7. The van der Waals surface area contributed by atoms with Gasteiger partial charge in [-0.25, -0.2) is 0 Å². The van der Waals surface area contributed by atoms with Gasteiger partial charge in [0, 0.05) is 12.8 Å². The van der Waals surface area contributed by atoms with E-state index < -0.39 is 26.5 Å². The van der Waals surface area contributed by atoms with Crippen molar-refractivity contribution in [1.82, 2.24) is 0 Å². The zero-order valence-corrected chi connectivity index (χ0v) is 51.3. The Morgan fingerprint density at radius 1 is 0.421 bits per heavy atom. The molecule has 9 nitrogen and oxygen atoms in total. The molecule has 0 amide bonds. The van der Waals surface area contributed by atoms with Gasteiger partial charge >= 0.3 is 11.9 Å². The van der Waals surface area contributed by atoms with Gasteiger partial charge in [-0.3, -0.25) is 14.2 Å². The van der Waals surface area contributed by atoms with E-state index in [1.54, 1.807) is 0 Å². The Kier molecular flexibility index (Phi) is 55.7. The molecule has 76 heavy (non-hydrogen) atoms. The average molecular weight is 1090 g/mol. The maximum absolute atomic E-state index is 12.7. The molecule has 10 heteroatoms. The molecule has 0 aliphatic heterocycles. The third kappa shape index (κ3) is 60.9. The summed E-state index contributed by atoms with van der Waals surface area (Å²) < 4.78 is 34.1. The Labute approximate surface area is 470 Å². The Bertz CT molecular complexity index is 1470. The number of quaternary nitrogens is 1. The van der Waals surface area contributed by atoms with E-state index in [1.165, 1.54) is 199 Å². The fourth-order valence-electron chi connectivity index (χ4n) is 9.12. The van der Waals surface area contributed by atoms with Gasteiger partial charge in [-0.1, -0.05) is 267 Å². The molecule has 0 aliphatic carbocycles. The van der Waals surface area contributed by atoms with E-state index in [1.807, 2.05) is 21.1 Å².